The Kier molecular flexibility index (Phi) is 19.6. The number of aliphatic carboxylic acids is 4. The Morgan fingerprint density at radius 2 is 1.33 bits per heavy atom. The molecule has 0 atom stereocenters. The fraction of sp³-hybridized carbons (Fsp3) is 0.513. The number of likely N-dealkylation sites (tertiary alicyclic amines) is 1. The average molecular weight is 1080 g/mol. The molecule has 4 aromatic rings. The predicted molar refractivity (Wildman–Crippen MR) is 212 cm³/mol. The van der Waals surface area contributed by atoms with Crippen LogP contribution in [-0.4, -0.2) is 148 Å². The minimum Gasteiger partial charge on any atom is -0.475 e. The molecule has 1 saturated carbocycles. The van der Waals surface area contributed by atoms with Crippen molar-refractivity contribution < 1.29 is 115 Å². The first kappa shape index (κ1) is 60.3. The number of fused-ring (bicyclic) bond motifs is 1. The fourth-order valence-electron chi connectivity index (χ4n) is 6.65. The van der Waals surface area contributed by atoms with Gasteiger partial charge in [-0.2, -0.15) is 76.2 Å². The van der Waals surface area contributed by atoms with Gasteiger partial charge in [0.15, 0.2) is 0 Å². The Balaban J connectivity index is 0.000000410. The summed E-state index contributed by atoms with van der Waals surface area (Å²) in [5, 5.41) is 47.0. The third kappa shape index (κ3) is 17.9. The number of nitrogens with one attached hydrogen (secondary N) is 2. The molecule has 6 N–H and O–H groups in total. The number of aromatic nitrogens is 6. The molecular formula is C39H38F15N9O10. The lowest BCUT2D eigenvalue weighted by atomic mass is 9.82. The van der Waals surface area contributed by atoms with Crippen molar-refractivity contribution in [1.82, 2.24) is 39.9 Å². The van der Waals surface area contributed by atoms with E-state index in [1.54, 1.807) is 12.3 Å². The zero-order valence-electron chi connectivity index (χ0n) is 36.8. The van der Waals surface area contributed by atoms with Crippen LogP contribution in [0.25, 0.3) is 22.3 Å². The highest BCUT2D eigenvalue weighted by Gasteiger charge is 2.49. The second-order valence-electron chi connectivity index (χ2n) is 16.0. The number of ether oxygens (including phenoxy) is 2. The summed E-state index contributed by atoms with van der Waals surface area (Å²) in [5.41, 5.74) is 1.26. The van der Waals surface area contributed by atoms with E-state index >= 15 is 0 Å². The molecule has 2 aliphatic heterocycles. The Hall–Kier alpha value is -7.02. The van der Waals surface area contributed by atoms with Gasteiger partial charge < -0.3 is 40.2 Å². The molecule has 1 aliphatic carbocycles. The second kappa shape index (κ2) is 23.7. The molecule has 7 rings (SSSR count). The maximum atomic E-state index is 13.6. The molecule has 404 valence electrons. The van der Waals surface area contributed by atoms with Crippen molar-refractivity contribution in [3.05, 3.63) is 54.4 Å². The SMILES string of the molecule is CC1(NCc2cc(O[C@H]3CC[C@@H](N4CC(CC#N)(n5cc(-c6ncnc7[nH]ccc67)cn5)C4)CC3)nc(C(F)(F)F)c2)COC1.O=C(O)C(F)(F)F.O=C(O)C(F)(F)F.O=C(O)C(F)(F)F.O=C(O)C(F)(F)F. The lowest BCUT2D eigenvalue weighted by Gasteiger charge is -2.53. The van der Waals surface area contributed by atoms with Gasteiger partial charge in [-0.25, -0.2) is 34.1 Å². The summed E-state index contributed by atoms with van der Waals surface area (Å²) in [4.78, 5) is 53.6. The van der Waals surface area contributed by atoms with Gasteiger partial charge in [-0.1, -0.05) is 0 Å². The van der Waals surface area contributed by atoms with Crippen molar-refractivity contribution in [2.24, 2.45) is 0 Å². The number of nitrogens with zero attached hydrogens (tertiary/aromatic N) is 7. The molecule has 0 bridgehead atoms. The quantitative estimate of drug-likeness (QED) is 0.0924. The van der Waals surface area contributed by atoms with Gasteiger partial charge in [0.2, 0.25) is 5.88 Å². The molecule has 73 heavy (non-hydrogen) atoms. The Bertz CT molecular complexity index is 2460. The van der Waals surface area contributed by atoms with Crippen molar-refractivity contribution in [3.8, 4) is 23.2 Å². The Morgan fingerprint density at radius 3 is 1.77 bits per heavy atom. The van der Waals surface area contributed by atoms with E-state index in [1.807, 2.05) is 30.1 Å². The molecule has 19 nitrogen and oxygen atoms in total. The van der Waals surface area contributed by atoms with Gasteiger partial charge in [-0.15, -0.1) is 0 Å². The number of hydrogen-bond acceptors (Lipinski definition) is 13. The van der Waals surface area contributed by atoms with Crippen LogP contribution >= 0.6 is 0 Å². The molecule has 3 fully saturated rings. The Labute approximate surface area is 398 Å². The molecule has 0 unspecified atom stereocenters. The molecular weight excluding hydrogens is 1040 g/mol. The minimum absolute atomic E-state index is 0.00663. The van der Waals surface area contributed by atoms with E-state index < -0.39 is 66.0 Å². The zero-order chi connectivity index (χ0) is 55.5. The van der Waals surface area contributed by atoms with Gasteiger partial charge in [0.05, 0.1) is 43.1 Å². The number of carbonyl (C=O) groups is 4. The smallest absolute Gasteiger partial charge is 0.475 e. The van der Waals surface area contributed by atoms with E-state index in [4.69, 9.17) is 49.1 Å². The maximum absolute atomic E-state index is 13.6. The maximum Gasteiger partial charge on any atom is 0.490 e. The molecule has 0 aromatic carbocycles. The van der Waals surface area contributed by atoms with Crippen LogP contribution in [0.5, 0.6) is 5.88 Å². The van der Waals surface area contributed by atoms with Gasteiger partial charge in [-0.3, -0.25) is 9.58 Å². The topological polar surface area (TPSA) is 279 Å². The summed E-state index contributed by atoms with van der Waals surface area (Å²) in [7, 11) is 0. The summed E-state index contributed by atoms with van der Waals surface area (Å²) < 4.78 is 181. The lowest BCUT2D eigenvalue weighted by Crippen LogP contribution is -2.65. The first-order chi connectivity index (χ1) is 33.4. The third-order valence-corrected chi connectivity index (χ3v) is 10.2. The molecule has 0 radical (unpaired) electrons. The molecule has 3 aliphatic rings. The van der Waals surface area contributed by atoms with Crippen LogP contribution in [0.1, 0.15) is 50.3 Å². The van der Waals surface area contributed by atoms with E-state index in [1.165, 1.54) is 6.33 Å². The van der Waals surface area contributed by atoms with Gasteiger partial charge >= 0.3 is 54.8 Å². The molecule has 34 heteroatoms. The first-order valence-corrected chi connectivity index (χ1v) is 20.1. The van der Waals surface area contributed by atoms with Crippen molar-refractivity contribution in [2.75, 3.05) is 26.3 Å². The van der Waals surface area contributed by atoms with Crippen LogP contribution in [0.2, 0.25) is 0 Å². The van der Waals surface area contributed by atoms with Crippen LogP contribution in [0.15, 0.2) is 43.1 Å². The monoisotopic (exact) mass is 1080 g/mol. The number of nitriles is 1. The number of halogens is 15. The molecule has 0 spiro atoms. The summed E-state index contributed by atoms with van der Waals surface area (Å²) >= 11 is 0. The number of pyridine rings is 1. The van der Waals surface area contributed by atoms with Crippen LogP contribution in [0, 0.1) is 11.3 Å². The molecule has 0 amide bonds. The molecule has 4 aromatic heterocycles. The molecule has 6 heterocycles. The zero-order valence-corrected chi connectivity index (χ0v) is 36.8. The fourth-order valence-corrected chi connectivity index (χ4v) is 6.65. The summed E-state index contributed by atoms with van der Waals surface area (Å²) in [6.45, 7) is 4.67. The second-order valence-corrected chi connectivity index (χ2v) is 16.0. The van der Waals surface area contributed by atoms with Gasteiger partial charge in [-0.05, 0) is 50.3 Å². The number of aromatic amines is 1. The standard InChI is InChI=1S/C31H34F3N9O2.4C2HF3O2/c1-29(17-44-18-29)39-12-20-10-25(31(32,33)34)41-26(11-20)45-23-4-2-22(3-5-23)42-15-30(16-42,7-8-35)43-14-21(13-40-43)27-24-6-9-36-28(24)38-19-37-27;4*3-2(4,5)1(6)7/h6,9-11,13-14,19,22-23,39H,2-5,7,12,15-18H2,1H3,(H,36,37,38);4*(H,6,7)/t22-,23+;;;;. The number of alkyl halides is 15. The summed E-state index contributed by atoms with van der Waals surface area (Å²) in [5.74, 6) is -11.0. The number of H-pyrrole nitrogens is 1. The highest BCUT2D eigenvalue weighted by molar-refractivity contribution is 5.90. The van der Waals surface area contributed by atoms with Gasteiger partial charge in [0.25, 0.3) is 0 Å². The van der Waals surface area contributed by atoms with Crippen LogP contribution < -0.4 is 10.1 Å². The lowest BCUT2D eigenvalue weighted by molar-refractivity contribution is -0.193. The highest BCUT2D eigenvalue weighted by atomic mass is 19.4. The predicted octanol–water partition coefficient (Wildman–Crippen LogP) is 6.96. The number of carboxylic acid groups (broad SMARTS) is 4. The van der Waals surface area contributed by atoms with Crippen LogP contribution in [0.4, 0.5) is 65.9 Å². The van der Waals surface area contributed by atoms with Crippen LogP contribution in [0.3, 0.4) is 0 Å². The molecule has 2 saturated heterocycles. The minimum atomic E-state index is -5.08. The first-order valence-electron chi connectivity index (χ1n) is 20.1. The summed E-state index contributed by atoms with van der Waals surface area (Å²) in [6.07, 6.45) is -14.6. The Morgan fingerprint density at radius 1 is 0.822 bits per heavy atom. The van der Waals surface area contributed by atoms with Crippen molar-refractivity contribution in [3.63, 3.8) is 0 Å². The van der Waals surface area contributed by atoms with E-state index in [-0.39, 0.29) is 24.1 Å². The average Bonchev–Trinajstić information content (AvgIpc) is 3.94. The van der Waals surface area contributed by atoms with Crippen molar-refractivity contribution in [2.45, 2.75) is 99.7 Å². The van der Waals surface area contributed by atoms with E-state index in [0.717, 1.165) is 41.2 Å². The highest BCUT2D eigenvalue weighted by Crippen LogP contribution is 2.39. The van der Waals surface area contributed by atoms with E-state index in [2.05, 4.69) is 41.3 Å². The summed E-state index contributed by atoms with van der Waals surface area (Å²) in [6, 6.07) is 7.26. The number of rotatable bonds is 9. The normalized spacial score (nSPS) is 18.4. The third-order valence-electron chi connectivity index (χ3n) is 10.2. The van der Waals surface area contributed by atoms with Crippen molar-refractivity contribution in [1.29, 1.82) is 5.26 Å². The van der Waals surface area contributed by atoms with Crippen molar-refractivity contribution >= 4 is 34.9 Å². The number of carboxylic acids is 4. The van der Waals surface area contributed by atoms with Gasteiger partial charge in [0, 0.05) is 55.1 Å². The van der Waals surface area contributed by atoms with Gasteiger partial charge in [0.1, 0.15) is 29.3 Å². The largest absolute Gasteiger partial charge is 0.490 e. The van der Waals surface area contributed by atoms with E-state index in [9.17, 15) is 71.1 Å². The van der Waals surface area contributed by atoms with E-state index in [0.29, 0.717) is 57.2 Å². The van der Waals surface area contributed by atoms with Crippen LogP contribution in [-0.2, 0) is 42.2 Å². The number of hydrogen-bond donors (Lipinski definition) is 6.